The molecule has 0 fully saturated rings. The van der Waals surface area contributed by atoms with Crippen molar-refractivity contribution < 1.29 is 9.85 Å². The average molecular weight is 430 g/mol. The summed E-state index contributed by atoms with van der Waals surface area (Å²) in [6.45, 7) is 3.93. The van der Waals surface area contributed by atoms with Crippen LogP contribution >= 0.6 is 0 Å². The second-order valence-electron chi connectivity index (χ2n) is 7.13. The van der Waals surface area contributed by atoms with Crippen LogP contribution < -0.4 is 5.43 Å². The lowest BCUT2D eigenvalue weighted by atomic mass is 10.2. The summed E-state index contributed by atoms with van der Waals surface area (Å²) < 4.78 is 2.09. The first-order valence-corrected chi connectivity index (χ1v) is 9.61. The molecule has 0 unspecified atom stereocenters. The lowest BCUT2D eigenvalue weighted by Crippen LogP contribution is -2.00. The number of hydrazone groups is 1. The standard InChI is InChI=1S/C22H18N6O4/c1-14-10-17(13-24-25-21-8-6-19(27(29)30)12-22(21)28(31)32)15(2)26(14)18-5-7-20-16(11-18)4-3-9-23-20/h3-13,25H,1-2H3/b24-13-. The van der Waals surface area contributed by atoms with Crippen LogP contribution in [-0.4, -0.2) is 25.6 Å². The Morgan fingerprint density at radius 1 is 1.03 bits per heavy atom. The highest BCUT2D eigenvalue weighted by Crippen LogP contribution is 2.29. The van der Waals surface area contributed by atoms with E-state index in [1.54, 1.807) is 12.4 Å². The minimum absolute atomic E-state index is 0.0627. The molecular weight excluding hydrogens is 412 g/mol. The van der Waals surface area contributed by atoms with Crippen LogP contribution in [0.15, 0.2) is 65.9 Å². The van der Waals surface area contributed by atoms with Gasteiger partial charge in [-0.05, 0) is 50.2 Å². The van der Waals surface area contributed by atoms with Crippen molar-refractivity contribution in [1.29, 1.82) is 0 Å². The van der Waals surface area contributed by atoms with Crippen LogP contribution in [0.1, 0.15) is 17.0 Å². The predicted octanol–water partition coefficient (Wildman–Crippen LogP) is 4.90. The molecule has 10 heteroatoms. The van der Waals surface area contributed by atoms with Crippen molar-refractivity contribution in [2.45, 2.75) is 13.8 Å². The topological polar surface area (TPSA) is 128 Å². The van der Waals surface area contributed by atoms with E-state index in [9.17, 15) is 20.2 Å². The number of rotatable bonds is 6. The summed E-state index contributed by atoms with van der Waals surface area (Å²) in [5.74, 6) is 0. The Labute approximate surface area is 182 Å². The zero-order valence-corrected chi connectivity index (χ0v) is 17.2. The number of hydrogen-bond donors (Lipinski definition) is 1. The number of benzene rings is 2. The maximum Gasteiger partial charge on any atom is 0.301 e. The van der Waals surface area contributed by atoms with Gasteiger partial charge in [-0.3, -0.25) is 30.6 Å². The molecule has 0 aliphatic heterocycles. The number of non-ortho nitro benzene ring substituents is 1. The number of aromatic nitrogens is 2. The number of nitrogens with one attached hydrogen (secondary N) is 1. The number of aryl methyl sites for hydroxylation is 1. The van der Waals surface area contributed by atoms with Crippen LogP contribution in [0.25, 0.3) is 16.6 Å². The van der Waals surface area contributed by atoms with Gasteiger partial charge in [-0.1, -0.05) is 6.07 Å². The van der Waals surface area contributed by atoms with E-state index in [1.807, 2.05) is 44.2 Å². The van der Waals surface area contributed by atoms with Crippen LogP contribution in [0.2, 0.25) is 0 Å². The van der Waals surface area contributed by atoms with Gasteiger partial charge in [0.15, 0.2) is 0 Å². The van der Waals surface area contributed by atoms with E-state index in [1.165, 1.54) is 12.1 Å². The van der Waals surface area contributed by atoms with Gasteiger partial charge in [0, 0.05) is 40.3 Å². The Bertz CT molecular complexity index is 1390. The second kappa shape index (κ2) is 8.26. The van der Waals surface area contributed by atoms with Gasteiger partial charge in [0.25, 0.3) is 5.69 Å². The maximum atomic E-state index is 11.3. The number of anilines is 1. The minimum atomic E-state index is -0.689. The van der Waals surface area contributed by atoms with Crippen molar-refractivity contribution in [3.8, 4) is 5.69 Å². The molecular formula is C22H18N6O4. The molecule has 0 aliphatic rings. The Hall–Kier alpha value is -4.60. The van der Waals surface area contributed by atoms with E-state index in [4.69, 9.17) is 0 Å². The number of fused-ring (bicyclic) bond motifs is 1. The van der Waals surface area contributed by atoms with Crippen LogP contribution in [0, 0.1) is 34.1 Å². The maximum absolute atomic E-state index is 11.3. The Kier molecular flexibility index (Phi) is 5.34. The number of nitro benzene ring substituents is 2. The SMILES string of the molecule is Cc1cc(/C=N\Nc2ccc([N+](=O)[O-])cc2[N+](=O)[O-])c(C)n1-c1ccc2ncccc2c1. The smallest absolute Gasteiger partial charge is 0.301 e. The number of pyridine rings is 1. The van der Waals surface area contributed by atoms with Gasteiger partial charge < -0.3 is 4.57 Å². The van der Waals surface area contributed by atoms with Crippen molar-refractivity contribution >= 4 is 34.2 Å². The summed E-state index contributed by atoms with van der Waals surface area (Å²) in [4.78, 5) is 25.1. The lowest BCUT2D eigenvalue weighted by molar-refractivity contribution is -0.393. The Balaban J connectivity index is 1.62. The van der Waals surface area contributed by atoms with Gasteiger partial charge in [-0.15, -0.1) is 0 Å². The Morgan fingerprint density at radius 3 is 2.59 bits per heavy atom. The molecule has 2 aromatic heterocycles. The van der Waals surface area contributed by atoms with E-state index in [-0.39, 0.29) is 11.4 Å². The lowest BCUT2D eigenvalue weighted by Gasteiger charge is -2.10. The van der Waals surface area contributed by atoms with Gasteiger partial charge >= 0.3 is 5.69 Å². The van der Waals surface area contributed by atoms with Crippen LogP contribution in [-0.2, 0) is 0 Å². The zero-order valence-electron chi connectivity index (χ0n) is 17.2. The molecule has 0 aliphatic carbocycles. The van der Waals surface area contributed by atoms with Gasteiger partial charge in [-0.25, -0.2) is 0 Å². The number of hydrogen-bond acceptors (Lipinski definition) is 7. The predicted molar refractivity (Wildman–Crippen MR) is 122 cm³/mol. The molecule has 4 rings (SSSR count). The molecule has 0 amide bonds. The molecule has 160 valence electrons. The van der Waals surface area contributed by atoms with Gasteiger partial charge in [0.2, 0.25) is 0 Å². The first-order chi connectivity index (χ1) is 15.3. The van der Waals surface area contributed by atoms with Crippen molar-refractivity contribution in [2.75, 3.05) is 5.43 Å². The summed E-state index contributed by atoms with van der Waals surface area (Å²) in [5.41, 5.74) is 6.55. The van der Waals surface area contributed by atoms with Crippen molar-refractivity contribution in [2.24, 2.45) is 5.10 Å². The van der Waals surface area contributed by atoms with Gasteiger partial charge in [0.05, 0.1) is 27.6 Å². The van der Waals surface area contributed by atoms with Crippen molar-refractivity contribution in [3.63, 3.8) is 0 Å². The summed E-state index contributed by atoms with van der Waals surface area (Å²) >= 11 is 0. The highest BCUT2D eigenvalue weighted by molar-refractivity contribution is 5.84. The number of nitro groups is 2. The average Bonchev–Trinajstić information content (AvgIpc) is 3.06. The van der Waals surface area contributed by atoms with E-state index in [2.05, 4.69) is 26.1 Å². The number of nitrogens with zero attached hydrogens (tertiary/aromatic N) is 5. The summed E-state index contributed by atoms with van der Waals surface area (Å²) in [7, 11) is 0. The van der Waals surface area contributed by atoms with E-state index < -0.39 is 15.5 Å². The molecule has 0 spiro atoms. The van der Waals surface area contributed by atoms with Crippen LogP contribution in [0.3, 0.4) is 0 Å². The van der Waals surface area contributed by atoms with E-state index >= 15 is 0 Å². The molecule has 0 bridgehead atoms. The molecule has 4 aromatic rings. The molecule has 0 radical (unpaired) electrons. The van der Waals surface area contributed by atoms with Crippen molar-refractivity contribution in [3.05, 3.63) is 98.0 Å². The molecule has 0 saturated heterocycles. The van der Waals surface area contributed by atoms with Gasteiger partial charge in [-0.2, -0.15) is 5.10 Å². The summed E-state index contributed by atoms with van der Waals surface area (Å²) in [6, 6.07) is 15.2. The highest BCUT2D eigenvalue weighted by atomic mass is 16.6. The summed E-state index contributed by atoms with van der Waals surface area (Å²) in [6.07, 6.45) is 3.32. The second-order valence-corrected chi connectivity index (χ2v) is 7.13. The molecule has 2 heterocycles. The third-order valence-electron chi connectivity index (χ3n) is 5.09. The molecule has 0 saturated carbocycles. The van der Waals surface area contributed by atoms with E-state index in [0.29, 0.717) is 0 Å². The third kappa shape index (κ3) is 3.88. The Morgan fingerprint density at radius 2 is 1.84 bits per heavy atom. The van der Waals surface area contributed by atoms with E-state index in [0.717, 1.165) is 39.6 Å². The summed E-state index contributed by atoms with van der Waals surface area (Å²) in [5, 5.41) is 27.3. The first-order valence-electron chi connectivity index (χ1n) is 9.61. The monoisotopic (exact) mass is 430 g/mol. The fraction of sp³-hybridized carbons (Fsp3) is 0.0909. The largest absolute Gasteiger partial charge is 0.318 e. The fourth-order valence-electron chi connectivity index (χ4n) is 3.57. The molecule has 2 aromatic carbocycles. The van der Waals surface area contributed by atoms with Gasteiger partial charge in [0.1, 0.15) is 5.69 Å². The third-order valence-corrected chi connectivity index (χ3v) is 5.09. The van der Waals surface area contributed by atoms with Crippen molar-refractivity contribution in [1.82, 2.24) is 9.55 Å². The molecule has 10 nitrogen and oxygen atoms in total. The fourth-order valence-corrected chi connectivity index (χ4v) is 3.57. The minimum Gasteiger partial charge on any atom is -0.318 e. The highest BCUT2D eigenvalue weighted by Gasteiger charge is 2.19. The first kappa shape index (κ1) is 20.7. The zero-order chi connectivity index (χ0) is 22.8. The molecule has 1 N–H and O–H groups in total. The molecule has 32 heavy (non-hydrogen) atoms. The van der Waals surface area contributed by atoms with Crippen LogP contribution in [0.4, 0.5) is 17.1 Å². The molecule has 0 atom stereocenters. The quantitative estimate of drug-likeness (QED) is 0.263. The van der Waals surface area contributed by atoms with Crippen LogP contribution in [0.5, 0.6) is 0 Å². The normalized spacial score (nSPS) is 11.2.